The number of morpholine rings is 1. The van der Waals surface area contributed by atoms with E-state index in [2.05, 4.69) is 58.9 Å². The molecule has 0 aliphatic carbocycles. The van der Waals surface area contributed by atoms with Crippen LogP contribution in [0.1, 0.15) is 48.6 Å². The van der Waals surface area contributed by atoms with E-state index < -0.39 is 0 Å². The molecule has 0 radical (unpaired) electrons. The van der Waals surface area contributed by atoms with E-state index in [0.717, 1.165) is 63.9 Å². The minimum atomic E-state index is 0. The highest BCUT2D eigenvalue weighted by molar-refractivity contribution is 14.0. The molecular formula is C22H37IN6OS. The summed E-state index contributed by atoms with van der Waals surface area (Å²) in [6.07, 6.45) is 1.90. The monoisotopic (exact) mass is 560 g/mol. The molecule has 1 saturated heterocycles. The average Bonchev–Trinajstić information content (AvgIpc) is 3.40. The zero-order valence-electron chi connectivity index (χ0n) is 19.2. The maximum atomic E-state index is 5.56. The predicted molar refractivity (Wildman–Crippen MR) is 140 cm³/mol. The first-order valence-electron chi connectivity index (χ1n) is 11.1. The summed E-state index contributed by atoms with van der Waals surface area (Å²) in [5.74, 6) is 0.861. The van der Waals surface area contributed by atoms with E-state index in [0.29, 0.717) is 12.6 Å². The van der Waals surface area contributed by atoms with E-state index in [4.69, 9.17) is 9.73 Å². The third kappa shape index (κ3) is 6.90. The number of nitrogens with zero attached hydrogens (tertiary/aromatic N) is 4. The molecule has 1 aliphatic heterocycles. The summed E-state index contributed by atoms with van der Waals surface area (Å²) >= 11 is 1.82. The van der Waals surface area contributed by atoms with E-state index >= 15 is 0 Å². The SMILES string of the molecule is CCNC(=NCc1c(CC)nn(C)c1CC)NCC(c1cccs1)N1CCOCC1.I. The first kappa shape index (κ1) is 26.1. The van der Waals surface area contributed by atoms with Crippen molar-refractivity contribution in [3.05, 3.63) is 39.3 Å². The van der Waals surface area contributed by atoms with Crippen LogP contribution in [0.25, 0.3) is 0 Å². The Morgan fingerprint density at radius 1 is 1.23 bits per heavy atom. The minimum Gasteiger partial charge on any atom is -0.379 e. The van der Waals surface area contributed by atoms with Gasteiger partial charge in [0.1, 0.15) is 0 Å². The molecule has 2 aromatic heterocycles. The molecule has 0 saturated carbocycles. The van der Waals surface area contributed by atoms with Crippen LogP contribution in [0, 0.1) is 0 Å². The van der Waals surface area contributed by atoms with Crippen molar-refractivity contribution in [2.24, 2.45) is 12.0 Å². The average molecular weight is 561 g/mol. The van der Waals surface area contributed by atoms with Gasteiger partial charge in [-0.25, -0.2) is 4.99 Å². The second kappa shape index (κ2) is 13.4. The fourth-order valence-electron chi connectivity index (χ4n) is 4.05. The molecule has 0 amide bonds. The third-order valence-corrected chi connectivity index (χ3v) is 6.56. The summed E-state index contributed by atoms with van der Waals surface area (Å²) in [6.45, 7) is 12.3. The predicted octanol–water partition coefficient (Wildman–Crippen LogP) is 3.35. The number of rotatable bonds is 9. The maximum absolute atomic E-state index is 5.56. The number of aliphatic imine (C=N–C) groups is 1. The van der Waals surface area contributed by atoms with Gasteiger partial charge in [-0.15, -0.1) is 35.3 Å². The van der Waals surface area contributed by atoms with E-state index in [1.54, 1.807) is 0 Å². The summed E-state index contributed by atoms with van der Waals surface area (Å²) in [5, 5.41) is 13.8. The molecule has 0 aromatic carbocycles. The highest BCUT2D eigenvalue weighted by Crippen LogP contribution is 2.25. The molecule has 2 aromatic rings. The Hall–Kier alpha value is -1.17. The number of guanidine groups is 1. The molecule has 31 heavy (non-hydrogen) atoms. The van der Waals surface area contributed by atoms with Gasteiger partial charge in [0.05, 0.1) is 31.5 Å². The van der Waals surface area contributed by atoms with Gasteiger partial charge in [0, 0.05) is 49.4 Å². The van der Waals surface area contributed by atoms with Gasteiger partial charge in [-0.3, -0.25) is 9.58 Å². The molecule has 3 heterocycles. The lowest BCUT2D eigenvalue weighted by molar-refractivity contribution is 0.0177. The van der Waals surface area contributed by atoms with Gasteiger partial charge in [0.25, 0.3) is 0 Å². The largest absolute Gasteiger partial charge is 0.379 e. The zero-order chi connectivity index (χ0) is 21.3. The van der Waals surface area contributed by atoms with Gasteiger partial charge in [-0.1, -0.05) is 19.9 Å². The molecule has 0 spiro atoms. The van der Waals surface area contributed by atoms with Gasteiger partial charge in [0.2, 0.25) is 0 Å². The van der Waals surface area contributed by atoms with E-state index in [1.165, 1.54) is 16.1 Å². The van der Waals surface area contributed by atoms with Crippen LogP contribution in [-0.2, 0) is 31.2 Å². The van der Waals surface area contributed by atoms with Gasteiger partial charge in [-0.05, 0) is 31.2 Å². The van der Waals surface area contributed by atoms with Crippen LogP contribution < -0.4 is 10.6 Å². The Labute approximate surface area is 207 Å². The zero-order valence-corrected chi connectivity index (χ0v) is 22.3. The number of halogens is 1. The molecule has 1 atom stereocenters. The van der Waals surface area contributed by atoms with Crippen molar-refractivity contribution >= 4 is 41.3 Å². The topological polar surface area (TPSA) is 66.7 Å². The van der Waals surface area contributed by atoms with E-state index in [1.807, 2.05) is 23.1 Å². The Balaban J connectivity index is 0.00000341. The number of aromatic nitrogens is 2. The Kier molecular flexibility index (Phi) is 11.3. The molecule has 174 valence electrons. The van der Waals surface area contributed by atoms with Crippen LogP contribution in [0.2, 0.25) is 0 Å². The number of nitrogens with one attached hydrogen (secondary N) is 2. The molecule has 3 rings (SSSR count). The van der Waals surface area contributed by atoms with E-state index in [9.17, 15) is 0 Å². The third-order valence-electron chi connectivity index (χ3n) is 5.59. The van der Waals surface area contributed by atoms with E-state index in [-0.39, 0.29) is 24.0 Å². The number of hydrogen-bond donors (Lipinski definition) is 2. The van der Waals surface area contributed by atoms with Crippen molar-refractivity contribution in [3.8, 4) is 0 Å². The Morgan fingerprint density at radius 2 is 2.00 bits per heavy atom. The van der Waals surface area contributed by atoms with Crippen LogP contribution >= 0.6 is 35.3 Å². The van der Waals surface area contributed by atoms with Gasteiger partial charge >= 0.3 is 0 Å². The second-order valence-electron chi connectivity index (χ2n) is 7.46. The van der Waals surface area contributed by atoms with Gasteiger partial charge < -0.3 is 15.4 Å². The quantitative estimate of drug-likeness (QED) is 0.280. The van der Waals surface area contributed by atoms with Crippen molar-refractivity contribution in [2.75, 3.05) is 39.4 Å². The fourth-order valence-corrected chi connectivity index (χ4v) is 4.91. The summed E-state index contributed by atoms with van der Waals surface area (Å²) < 4.78 is 7.57. The molecule has 0 bridgehead atoms. The van der Waals surface area contributed by atoms with Crippen LogP contribution in [0.3, 0.4) is 0 Å². The lowest BCUT2D eigenvalue weighted by Crippen LogP contribution is -2.46. The first-order valence-corrected chi connectivity index (χ1v) is 12.0. The summed E-state index contributed by atoms with van der Waals surface area (Å²) in [4.78, 5) is 8.81. The number of thiophene rings is 1. The van der Waals surface area contributed by atoms with Crippen molar-refractivity contribution < 1.29 is 4.74 Å². The van der Waals surface area contributed by atoms with Crippen molar-refractivity contribution in [3.63, 3.8) is 0 Å². The van der Waals surface area contributed by atoms with Gasteiger partial charge in [0.15, 0.2) is 5.96 Å². The molecule has 1 aliphatic rings. The number of aryl methyl sites for hydroxylation is 2. The van der Waals surface area contributed by atoms with Crippen LogP contribution in [0.4, 0.5) is 0 Å². The highest BCUT2D eigenvalue weighted by Gasteiger charge is 2.23. The Bertz CT molecular complexity index is 801. The summed E-state index contributed by atoms with van der Waals surface area (Å²) in [5.41, 5.74) is 3.69. The number of hydrogen-bond acceptors (Lipinski definition) is 5. The first-order chi connectivity index (χ1) is 14.7. The highest BCUT2D eigenvalue weighted by atomic mass is 127. The van der Waals surface area contributed by atoms with Crippen LogP contribution in [0.15, 0.2) is 22.5 Å². The minimum absolute atomic E-state index is 0. The fraction of sp³-hybridized carbons (Fsp3) is 0.636. The van der Waals surface area contributed by atoms with Crippen molar-refractivity contribution in [1.29, 1.82) is 0 Å². The standard InChI is InChI=1S/C22H36N6OS.HI/c1-5-18-17(19(6-2)27(4)26-18)15-24-22(23-7-3)25-16-20(21-9-8-14-30-21)28-10-12-29-13-11-28;/h8-9,14,20H,5-7,10-13,15-16H2,1-4H3,(H2,23,24,25);1H. The molecule has 9 heteroatoms. The normalized spacial score (nSPS) is 16.1. The molecule has 1 unspecified atom stereocenters. The molecular weight excluding hydrogens is 523 g/mol. The maximum Gasteiger partial charge on any atom is 0.191 e. The lowest BCUT2D eigenvalue weighted by Gasteiger charge is -2.34. The van der Waals surface area contributed by atoms with Crippen molar-refractivity contribution in [2.45, 2.75) is 46.2 Å². The van der Waals surface area contributed by atoms with Crippen molar-refractivity contribution in [1.82, 2.24) is 25.3 Å². The van der Waals surface area contributed by atoms with Gasteiger partial charge in [-0.2, -0.15) is 5.10 Å². The second-order valence-corrected chi connectivity index (χ2v) is 8.44. The summed E-state index contributed by atoms with van der Waals surface area (Å²) in [7, 11) is 2.03. The molecule has 1 fully saturated rings. The Morgan fingerprint density at radius 3 is 2.61 bits per heavy atom. The number of ether oxygens (including phenoxy) is 1. The summed E-state index contributed by atoms with van der Waals surface area (Å²) in [6, 6.07) is 4.69. The van der Waals surface area contributed by atoms with Crippen LogP contribution in [0.5, 0.6) is 0 Å². The molecule has 7 nitrogen and oxygen atoms in total. The lowest BCUT2D eigenvalue weighted by atomic mass is 10.1. The smallest absolute Gasteiger partial charge is 0.191 e. The molecule has 2 N–H and O–H groups in total. The van der Waals surface area contributed by atoms with Crippen LogP contribution in [-0.4, -0.2) is 60.0 Å².